The minimum absolute atomic E-state index is 0.127. The topological polar surface area (TPSA) is 94.0 Å². The van der Waals surface area contributed by atoms with Gasteiger partial charge in [0.15, 0.2) is 11.6 Å². The lowest BCUT2D eigenvalue weighted by Crippen LogP contribution is -2.52. The minimum atomic E-state index is -0.712. The van der Waals surface area contributed by atoms with Crippen LogP contribution in [-0.2, 0) is 4.79 Å². The number of hydrogen-bond donors (Lipinski definition) is 1. The van der Waals surface area contributed by atoms with Gasteiger partial charge in [0.2, 0.25) is 11.9 Å². The van der Waals surface area contributed by atoms with Gasteiger partial charge in [-0.15, -0.1) is 0 Å². The van der Waals surface area contributed by atoms with Gasteiger partial charge in [-0.1, -0.05) is 12.8 Å². The summed E-state index contributed by atoms with van der Waals surface area (Å²) >= 11 is 0. The minimum Gasteiger partial charge on any atom is -0.337 e. The summed E-state index contributed by atoms with van der Waals surface area (Å²) in [5.41, 5.74) is 0.337. The van der Waals surface area contributed by atoms with Gasteiger partial charge in [-0.2, -0.15) is 10.1 Å². The molecule has 1 aliphatic carbocycles. The smallest absolute Gasteiger partial charge is 0.337 e. The molecule has 3 heterocycles. The summed E-state index contributed by atoms with van der Waals surface area (Å²) < 4.78 is 41.7. The lowest BCUT2D eigenvalue weighted by Gasteiger charge is -2.37. The molecule has 3 amide bonds. The van der Waals surface area contributed by atoms with Crippen LogP contribution in [0.25, 0.3) is 0 Å². The van der Waals surface area contributed by atoms with Crippen LogP contribution in [0.1, 0.15) is 43.7 Å². The molecule has 0 radical (unpaired) electrons. The molecule has 3 aliphatic rings. The molecule has 5 rings (SSSR count). The van der Waals surface area contributed by atoms with Crippen molar-refractivity contribution < 1.29 is 22.8 Å². The molecule has 1 aromatic carbocycles. The molecule has 36 heavy (non-hydrogen) atoms. The van der Waals surface area contributed by atoms with E-state index >= 15 is 0 Å². The second-order valence-corrected chi connectivity index (χ2v) is 9.19. The van der Waals surface area contributed by atoms with E-state index in [0.717, 1.165) is 37.9 Å². The highest BCUT2D eigenvalue weighted by molar-refractivity contribution is 5.92. The van der Waals surface area contributed by atoms with Crippen LogP contribution in [0.5, 0.6) is 0 Å². The first kappa shape index (κ1) is 24.0. The van der Waals surface area contributed by atoms with Crippen molar-refractivity contribution in [2.75, 3.05) is 36.4 Å². The number of carbonyl (C=O) groups excluding carboxylic acids is 2. The first-order valence-electron chi connectivity index (χ1n) is 12.0. The Kier molecular flexibility index (Phi) is 6.75. The summed E-state index contributed by atoms with van der Waals surface area (Å²) in [7, 11) is 0. The van der Waals surface area contributed by atoms with Crippen molar-refractivity contribution in [3.05, 3.63) is 47.4 Å². The van der Waals surface area contributed by atoms with Gasteiger partial charge < -0.3 is 15.1 Å². The fourth-order valence-corrected chi connectivity index (χ4v) is 4.89. The van der Waals surface area contributed by atoms with Crippen molar-refractivity contribution in [2.45, 2.75) is 38.1 Å². The molecular weight excluding hydrogens is 475 g/mol. The number of amides is 3. The number of anilines is 2. The molecule has 0 unspecified atom stereocenters. The van der Waals surface area contributed by atoms with E-state index in [1.807, 2.05) is 0 Å². The van der Waals surface area contributed by atoms with Gasteiger partial charge in [-0.05, 0) is 30.5 Å². The highest BCUT2D eigenvalue weighted by Crippen LogP contribution is 2.31. The molecule has 1 atom stereocenters. The molecule has 1 saturated carbocycles. The summed E-state index contributed by atoms with van der Waals surface area (Å²) in [5, 5.41) is 7.98. The van der Waals surface area contributed by atoms with Crippen LogP contribution in [0.2, 0.25) is 0 Å². The van der Waals surface area contributed by atoms with Gasteiger partial charge in [0.1, 0.15) is 11.6 Å². The fraction of sp³-hybridized carbons (Fsp3) is 0.458. The zero-order chi connectivity index (χ0) is 25.2. The molecule has 1 aromatic heterocycles. The Bertz CT molecular complexity index is 1160. The van der Waals surface area contributed by atoms with E-state index in [0.29, 0.717) is 38.2 Å². The number of hydrogen-bond acceptors (Lipinski definition) is 6. The number of piperazine rings is 1. The van der Waals surface area contributed by atoms with Gasteiger partial charge in [0.25, 0.3) is 0 Å². The van der Waals surface area contributed by atoms with E-state index in [9.17, 15) is 22.8 Å². The van der Waals surface area contributed by atoms with Gasteiger partial charge >= 0.3 is 6.03 Å². The van der Waals surface area contributed by atoms with E-state index in [1.165, 1.54) is 17.1 Å². The van der Waals surface area contributed by atoms with Crippen molar-refractivity contribution in [3.63, 3.8) is 0 Å². The monoisotopic (exact) mass is 501 g/mol. The Labute approximate surface area is 206 Å². The quantitative estimate of drug-likeness (QED) is 0.690. The van der Waals surface area contributed by atoms with Crippen LogP contribution in [0.4, 0.5) is 29.7 Å². The average molecular weight is 502 g/mol. The number of halogens is 3. The van der Waals surface area contributed by atoms with Crippen molar-refractivity contribution in [1.82, 2.24) is 19.9 Å². The van der Waals surface area contributed by atoms with E-state index in [4.69, 9.17) is 0 Å². The maximum atomic E-state index is 14.3. The van der Waals surface area contributed by atoms with E-state index in [1.54, 1.807) is 16.0 Å². The molecular formula is C24H26F3N7O2. The van der Waals surface area contributed by atoms with E-state index in [2.05, 4.69) is 20.4 Å². The lowest BCUT2D eigenvalue weighted by molar-refractivity contribution is -0.119. The van der Waals surface area contributed by atoms with Gasteiger partial charge in [0.05, 0.1) is 12.2 Å². The molecule has 0 bridgehead atoms. The van der Waals surface area contributed by atoms with Crippen LogP contribution in [0, 0.1) is 23.4 Å². The number of carbonyl (C=O) groups is 2. The van der Waals surface area contributed by atoms with Crippen molar-refractivity contribution in [1.29, 1.82) is 0 Å². The molecule has 1 N–H and O–H groups in total. The Balaban J connectivity index is 1.22. The number of nitrogens with one attached hydrogen (secondary N) is 1. The zero-order valence-electron chi connectivity index (χ0n) is 19.5. The number of nitrogens with zero attached hydrogens (tertiary/aromatic N) is 6. The Morgan fingerprint density at radius 1 is 0.972 bits per heavy atom. The molecule has 2 aliphatic heterocycles. The number of benzene rings is 1. The molecule has 2 fully saturated rings. The standard InChI is InChI=1S/C24H26F3N7O2/c25-17-11-16(12-18(26)13-17)20-5-6-29-34(20)24(36)33-9-7-32(8-10-33)23-28-14-19(27)21(31-23)30-22(35)15-3-1-2-4-15/h6,11-15,20H,1-5,7-10H2,(H,28,30,31,35)/t20-/m0/s1. The summed E-state index contributed by atoms with van der Waals surface area (Å²) in [6, 6.07) is 2.23. The number of rotatable bonds is 4. The van der Waals surface area contributed by atoms with Gasteiger partial charge in [-0.3, -0.25) is 4.79 Å². The molecule has 190 valence electrons. The maximum Gasteiger partial charge on any atom is 0.341 e. The van der Waals surface area contributed by atoms with Crippen molar-refractivity contribution in [3.8, 4) is 0 Å². The second kappa shape index (κ2) is 10.1. The highest BCUT2D eigenvalue weighted by Gasteiger charge is 2.34. The highest BCUT2D eigenvalue weighted by atomic mass is 19.1. The SMILES string of the molecule is O=C(Nc1nc(N2CCN(C(=O)N3N=CC[C@H]3c3cc(F)cc(F)c3)CC2)ncc1F)C1CCCC1. The van der Waals surface area contributed by atoms with Crippen LogP contribution in [0.3, 0.4) is 0 Å². The Morgan fingerprint density at radius 2 is 1.67 bits per heavy atom. The molecule has 9 nitrogen and oxygen atoms in total. The molecule has 12 heteroatoms. The third-order valence-electron chi connectivity index (χ3n) is 6.83. The van der Waals surface area contributed by atoms with Crippen LogP contribution >= 0.6 is 0 Å². The summed E-state index contributed by atoms with van der Waals surface area (Å²) in [6.45, 7) is 1.40. The average Bonchev–Trinajstić information content (AvgIpc) is 3.57. The van der Waals surface area contributed by atoms with Gasteiger partial charge in [0, 0.05) is 50.8 Å². The van der Waals surface area contributed by atoms with Crippen LogP contribution in [-0.4, -0.2) is 64.2 Å². The van der Waals surface area contributed by atoms with E-state index < -0.39 is 23.5 Å². The zero-order valence-corrected chi connectivity index (χ0v) is 19.5. The summed E-state index contributed by atoms with van der Waals surface area (Å²) in [6.07, 6.45) is 6.49. The first-order valence-corrected chi connectivity index (χ1v) is 12.0. The Hall–Kier alpha value is -3.70. The number of aromatic nitrogens is 2. The lowest BCUT2D eigenvalue weighted by atomic mass is 10.0. The van der Waals surface area contributed by atoms with Gasteiger partial charge in [-0.25, -0.2) is 28.0 Å². The number of urea groups is 1. The fourth-order valence-electron chi connectivity index (χ4n) is 4.89. The predicted molar refractivity (Wildman–Crippen MR) is 126 cm³/mol. The Morgan fingerprint density at radius 3 is 2.36 bits per heavy atom. The third kappa shape index (κ3) is 4.98. The predicted octanol–water partition coefficient (Wildman–Crippen LogP) is 3.70. The normalized spacial score (nSPS) is 20.3. The van der Waals surface area contributed by atoms with Crippen LogP contribution < -0.4 is 10.2 Å². The summed E-state index contributed by atoms with van der Waals surface area (Å²) in [4.78, 5) is 37.2. The molecule has 0 spiro atoms. The maximum absolute atomic E-state index is 14.3. The number of hydrazone groups is 1. The largest absolute Gasteiger partial charge is 0.341 e. The molecule has 1 saturated heterocycles. The molecule has 2 aromatic rings. The third-order valence-corrected chi connectivity index (χ3v) is 6.83. The van der Waals surface area contributed by atoms with Crippen molar-refractivity contribution >= 4 is 29.9 Å². The van der Waals surface area contributed by atoms with Crippen molar-refractivity contribution in [2.24, 2.45) is 11.0 Å². The summed E-state index contributed by atoms with van der Waals surface area (Å²) in [5.74, 6) is -2.37. The second-order valence-electron chi connectivity index (χ2n) is 9.19. The van der Waals surface area contributed by atoms with Crippen LogP contribution in [0.15, 0.2) is 29.5 Å². The first-order chi connectivity index (χ1) is 17.4. The van der Waals surface area contributed by atoms with E-state index in [-0.39, 0.29) is 29.6 Å².